The van der Waals surface area contributed by atoms with Gasteiger partial charge in [0.25, 0.3) is 0 Å². The van der Waals surface area contributed by atoms with Crippen molar-refractivity contribution in [1.29, 1.82) is 0 Å². The molecule has 0 aliphatic carbocycles. The monoisotopic (exact) mass is 1030 g/mol. The van der Waals surface area contributed by atoms with Gasteiger partial charge in [-0.3, -0.25) is 23.2 Å². The van der Waals surface area contributed by atoms with Crippen LogP contribution in [0.1, 0.15) is 162 Å². The van der Waals surface area contributed by atoms with Crippen LogP contribution >= 0.6 is 15.6 Å². The zero-order valence-electron chi connectivity index (χ0n) is 40.6. The number of fused-ring (bicyclic) bond motifs is 3. The van der Waals surface area contributed by atoms with Crippen LogP contribution in [0.3, 0.4) is 0 Å². The minimum atomic E-state index is -5.69. The fourth-order valence-corrected chi connectivity index (χ4v) is 10.5. The summed E-state index contributed by atoms with van der Waals surface area (Å²) in [4.78, 5) is 64.0. The highest BCUT2D eigenvalue weighted by Gasteiger charge is 2.45. The summed E-state index contributed by atoms with van der Waals surface area (Å²) < 4.78 is 59.0. The lowest BCUT2D eigenvalue weighted by molar-refractivity contribution is -0.195. The number of cyclic esters (lactones) is 1. The largest absolute Gasteiger partial charge is 0.481 e. The first kappa shape index (κ1) is 60.7. The van der Waals surface area contributed by atoms with Crippen LogP contribution in [0.15, 0.2) is 29.2 Å². The van der Waals surface area contributed by atoms with Gasteiger partial charge in [-0.15, -0.1) is 0 Å². The number of carbonyl (C=O) groups excluding carboxylic acids is 2. The van der Waals surface area contributed by atoms with Crippen molar-refractivity contribution in [2.75, 3.05) is 25.6 Å². The van der Waals surface area contributed by atoms with Crippen molar-refractivity contribution >= 4 is 33.4 Å². The smallest absolute Gasteiger partial charge is 0.462 e. The fraction of sp³-hybridized carbons (Fsp3) is 0.826. The molecule has 3 heterocycles. The molecule has 23 heteroatoms. The molecule has 69 heavy (non-hydrogen) atoms. The van der Waals surface area contributed by atoms with Gasteiger partial charge >= 0.3 is 33.3 Å². The number of phosphoric acid groups is 2. The van der Waals surface area contributed by atoms with E-state index >= 15 is 0 Å². The number of aromatic nitrogens is 2. The van der Waals surface area contributed by atoms with Crippen molar-refractivity contribution in [3.8, 4) is 0 Å². The van der Waals surface area contributed by atoms with Crippen LogP contribution in [-0.4, -0.2) is 119 Å². The van der Waals surface area contributed by atoms with Gasteiger partial charge in [0.1, 0.15) is 30.9 Å². The molecule has 2 saturated heterocycles. The number of hydrogen-bond donors (Lipinski definition) is 8. The van der Waals surface area contributed by atoms with Gasteiger partial charge in [0, 0.05) is 37.3 Å². The first-order valence-corrected chi connectivity index (χ1v) is 27.8. The second-order valence-electron chi connectivity index (χ2n) is 18.8. The zero-order valence-corrected chi connectivity index (χ0v) is 42.4. The van der Waals surface area contributed by atoms with E-state index in [1.165, 1.54) is 50.1 Å². The first-order chi connectivity index (χ1) is 32.7. The van der Waals surface area contributed by atoms with E-state index in [9.17, 15) is 58.8 Å². The van der Waals surface area contributed by atoms with E-state index in [0.29, 0.717) is 50.9 Å². The standard InChI is InChI=1S/C46H81N3O18P2/c1-4-5-14-20-33(50)24-25-35-37(51)28-38(52)36-21-16-12-13-18-23-42(54)65-34(29-62-41(53)22-17-11-9-7-6-8-10-15-19-32(2)3)30-63-68(58,59)67-69(60,61)64-31-39(44(56)43(35)55)66-45(36)49-27-26-40(47)48-46(49)57/h24-27,32-39,43-45,50-52,55-56H,4-23,28-31H2,1-3H3,(H,58,59)(H,60,61)(H2,47,48,57)/b25-24-/t33-,34+,35-,36-,37+,38-,39+,43-,44+,45+/m0/s1. The Balaban J connectivity index is 1.85. The zero-order chi connectivity index (χ0) is 51.0. The average molecular weight is 1030 g/mol. The maximum atomic E-state index is 13.3. The van der Waals surface area contributed by atoms with Crippen LogP contribution in [0.2, 0.25) is 0 Å². The third kappa shape index (κ3) is 23.7. The minimum Gasteiger partial charge on any atom is -0.462 e. The molecule has 1 aromatic rings. The normalized spacial score (nSPS) is 31.3. The van der Waals surface area contributed by atoms with Gasteiger partial charge in [0.2, 0.25) is 0 Å². The van der Waals surface area contributed by atoms with Gasteiger partial charge in [0.15, 0.2) is 6.10 Å². The Hall–Kier alpha value is -2.62. The van der Waals surface area contributed by atoms with Gasteiger partial charge in [-0.1, -0.05) is 123 Å². The van der Waals surface area contributed by atoms with Crippen LogP contribution in [0, 0.1) is 17.8 Å². The number of hydrogen-bond acceptors (Lipinski definition) is 18. The molecule has 2 fully saturated rings. The summed E-state index contributed by atoms with van der Waals surface area (Å²) in [5.41, 5.74) is 4.80. The molecular formula is C46H81N3O18P2. The molecule has 2 aliphatic rings. The maximum Gasteiger partial charge on any atom is 0.481 e. The molecule has 2 unspecified atom stereocenters. The molecule has 0 spiro atoms. The van der Waals surface area contributed by atoms with Gasteiger partial charge in [-0.2, -0.15) is 9.29 Å². The Bertz CT molecular complexity index is 1840. The number of nitrogens with two attached hydrogens (primary N) is 1. The van der Waals surface area contributed by atoms with Crippen molar-refractivity contribution in [1.82, 2.24) is 9.55 Å². The fourth-order valence-electron chi connectivity index (χ4n) is 8.39. The Kier molecular flexibility index (Phi) is 27.9. The number of nitrogen functional groups attached to an aromatic ring is 1. The Morgan fingerprint density at radius 3 is 2.19 bits per heavy atom. The van der Waals surface area contributed by atoms with E-state index in [1.54, 1.807) is 0 Å². The van der Waals surface area contributed by atoms with Crippen molar-refractivity contribution < 1.29 is 81.6 Å². The highest BCUT2D eigenvalue weighted by Crippen LogP contribution is 2.60. The predicted molar refractivity (Wildman–Crippen MR) is 254 cm³/mol. The SMILES string of the molecule is CCCCC[C@H](O)/C=C\[C@@H]1[C@H](O)[C@H](O)[C@H]2COP(=O)(O)OP(=O)(O)OC[C@@H](COC(=O)CCCCCCCCCCC(C)C)OC(=O)CCCCCC[C@H]([C@H](n3ccc(N)nc3=O)O2)[C@@H](O)C[C@H]1O. The van der Waals surface area contributed by atoms with Crippen molar-refractivity contribution in [3.63, 3.8) is 0 Å². The number of nitrogens with zero attached hydrogens (tertiary/aromatic N) is 2. The van der Waals surface area contributed by atoms with Crippen LogP contribution < -0.4 is 11.4 Å². The van der Waals surface area contributed by atoms with E-state index in [1.807, 2.05) is 6.92 Å². The van der Waals surface area contributed by atoms with Gasteiger partial charge in [-0.25, -0.2) is 13.9 Å². The summed E-state index contributed by atoms with van der Waals surface area (Å²) in [5, 5.41) is 57.4. The lowest BCUT2D eigenvalue weighted by atomic mass is 9.82. The van der Waals surface area contributed by atoms with Gasteiger partial charge in [0.05, 0.1) is 37.6 Å². The van der Waals surface area contributed by atoms with E-state index < -0.39 is 120 Å². The number of aliphatic hydroxyl groups excluding tert-OH is 5. The molecule has 0 saturated carbocycles. The molecule has 3 rings (SSSR count). The minimum absolute atomic E-state index is 0.0887. The molecular weight excluding hydrogens is 944 g/mol. The summed E-state index contributed by atoms with van der Waals surface area (Å²) in [6, 6.07) is 1.26. The molecule has 2 bridgehead atoms. The number of aliphatic hydroxyl groups is 5. The number of rotatable bonds is 20. The van der Waals surface area contributed by atoms with Gasteiger partial charge < -0.3 is 55.3 Å². The quantitative estimate of drug-likeness (QED) is 0.0326. The number of anilines is 1. The van der Waals surface area contributed by atoms with Crippen molar-refractivity contribution in [3.05, 3.63) is 34.9 Å². The molecule has 398 valence electrons. The maximum absolute atomic E-state index is 13.3. The summed E-state index contributed by atoms with van der Waals surface area (Å²) >= 11 is 0. The van der Waals surface area contributed by atoms with Crippen LogP contribution in [0.5, 0.6) is 0 Å². The molecule has 21 nitrogen and oxygen atoms in total. The highest BCUT2D eigenvalue weighted by molar-refractivity contribution is 7.61. The van der Waals surface area contributed by atoms with Gasteiger partial charge in [-0.05, 0) is 37.7 Å². The van der Waals surface area contributed by atoms with E-state index in [0.717, 1.165) is 43.1 Å². The second-order valence-corrected chi connectivity index (χ2v) is 21.8. The highest BCUT2D eigenvalue weighted by atomic mass is 31.3. The molecule has 2 aliphatic heterocycles. The number of carbonyl (C=O) groups is 2. The van der Waals surface area contributed by atoms with E-state index in [2.05, 4.69) is 23.1 Å². The van der Waals surface area contributed by atoms with E-state index in [-0.39, 0.29) is 25.1 Å². The molecule has 0 radical (unpaired) electrons. The predicted octanol–water partition coefficient (Wildman–Crippen LogP) is 5.90. The first-order valence-electron chi connectivity index (χ1n) is 24.8. The molecule has 9 N–H and O–H groups in total. The van der Waals surface area contributed by atoms with Crippen LogP contribution in [0.25, 0.3) is 0 Å². The average Bonchev–Trinajstić information content (AvgIpc) is 3.27. The lowest BCUT2D eigenvalue weighted by Crippen LogP contribution is -2.52. The summed E-state index contributed by atoms with van der Waals surface area (Å²) in [6.07, 6.45) is 4.23. The number of phosphoric ester groups is 2. The summed E-state index contributed by atoms with van der Waals surface area (Å²) in [6.45, 7) is 3.77. The summed E-state index contributed by atoms with van der Waals surface area (Å²) in [7, 11) is -11.3. The molecule has 12 atom stereocenters. The molecule has 1 aromatic heterocycles. The Morgan fingerprint density at radius 2 is 1.52 bits per heavy atom. The third-order valence-corrected chi connectivity index (χ3v) is 15.0. The van der Waals surface area contributed by atoms with E-state index in [4.69, 9.17) is 29.0 Å². The Morgan fingerprint density at radius 1 is 0.884 bits per heavy atom. The number of ether oxygens (including phenoxy) is 3. The number of unbranched alkanes of at least 4 members (excludes halogenated alkanes) is 9. The van der Waals surface area contributed by atoms with Crippen LogP contribution in [-0.2, 0) is 46.3 Å². The lowest BCUT2D eigenvalue weighted by Gasteiger charge is -2.41. The Labute approximate surface area is 406 Å². The third-order valence-electron chi connectivity index (χ3n) is 12.4. The second kappa shape index (κ2) is 31.8. The van der Waals surface area contributed by atoms with Crippen molar-refractivity contribution in [2.24, 2.45) is 17.8 Å². The van der Waals surface area contributed by atoms with Crippen molar-refractivity contribution in [2.45, 2.75) is 205 Å². The van der Waals surface area contributed by atoms with Crippen LogP contribution in [0.4, 0.5) is 5.82 Å². The molecule has 0 amide bonds. The summed E-state index contributed by atoms with van der Waals surface area (Å²) in [5.74, 6) is -3.26. The topological polar surface area (TPSA) is 326 Å². The number of esters is 2. The molecule has 0 aromatic carbocycles.